The molecule has 1 heterocycles. The van der Waals surface area contributed by atoms with E-state index in [9.17, 15) is 0 Å². The lowest BCUT2D eigenvalue weighted by Crippen LogP contribution is -2.27. The van der Waals surface area contributed by atoms with Gasteiger partial charge >= 0.3 is 0 Å². The van der Waals surface area contributed by atoms with Crippen LogP contribution >= 0.6 is 23.4 Å². The lowest BCUT2D eigenvalue weighted by atomic mass is 10.1. The van der Waals surface area contributed by atoms with Crippen molar-refractivity contribution in [3.05, 3.63) is 28.8 Å². The second-order valence-electron chi connectivity index (χ2n) is 5.42. The average molecular weight is 298 g/mol. The van der Waals surface area contributed by atoms with Crippen molar-refractivity contribution in [2.45, 2.75) is 25.0 Å². The molecular weight excluding hydrogens is 278 g/mol. The Kier molecular flexibility index (Phi) is 4.31. The van der Waals surface area contributed by atoms with Crippen LogP contribution in [0.1, 0.15) is 25.8 Å². The van der Waals surface area contributed by atoms with Crippen molar-refractivity contribution in [3.63, 3.8) is 0 Å². The molecule has 0 saturated carbocycles. The first kappa shape index (κ1) is 14.5. The van der Waals surface area contributed by atoms with E-state index in [0.717, 1.165) is 31.0 Å². The number of thioether (sulfide) groups is 1. The van der Waals surface area contributed by atoms with Gasteiger partial charge in [0, 0.05) is 34.8 Å². The minimum absolute atomic E-state index is 0.0177. The summed E-state index contributed by atoms with van der Waals surface area (Å²) in [7, 11) is 0. The van der Waals surface area contributed by atoms with Crippen molar-refractivity contribution in [2.24, 2.45) is 5.73 Å². The van der Waals surface area contributed by atoms with E-state index in [2.05, 4.69) is 18.7 Å². The Morgan fingerprint density at radius 3 is 2.79 bits per heavy atom. The van der Waals surface area contributed by atoms with Crippen molar-refractivity contribution < 1.29 is 0 Å². The normalized spacial score (nSPS) is 19.0. The van der Waals surface area contributed by atoms with Crippen molar-refractivity contribution in [2.75, 3.05) is 23.7 Å². The fourth-order valence-electron chi connectivity index (χ4n) is 2.20. The third-order valence-electron chi connectivity index (χ3n) is 3.45. The molecule has 3 N–H and O–H groups in total. The third-order valence-corrected chi connectivity index (χ3v) is 5.13. The highest BCUT2D eigenvalue weighted by atomic mass is 35.5. The summed E-state index contributed by atoms with van der Waals surface area (Å²) in [5.41, 5.74) is 7.21. The standard InChI is InChI=1S/C14H20ClN3S/c1-14(2)5-6-18(7-8-19-14)10-3-4-11(13(16)17)12(15)9-10/h3-4,9H,5-8H2,1-2H3,(H3,16,17). The number of halogens is 1. The van der Waals surface area contributed by atoms with E-state index in [1.165, 1.54) is 0 Å². The summed E-state index contributed by atoms with van der Waals surface area (Å²) in [5, 5.41) is 8.01. The molecule has 0 unspecified atom stereocenters. The first-order chi connectivity index (χ1) is 8.89. The zero-order valence-electron chi connectivity index (χ0n) is 11.4. The molecule has 1 aliphatic rings. The Morgan fingerprint density at radius 2 is 2.16 bits per heavy atom. The maximum atomic E-state index is 7.45. The first-order valence-corrected chi connectivity index (χ1v) is 7.78. The quantitative estimate of drug-likeness (QED) is 0.650. The predicted molar refractivity (Wildman–Crippen MR) is 85.8 cm³/mol. The number of nitrogen functional groups attached to an aromatic ring is 1. The zero-order valence-corrected chi connectivity index (χ0v) is 12.9. The number of nitrogens with one attached hydrogen (secondary N) is 1. The number of benzene rings is 1. The maximum Gasteiger partial charge on any atom is 0.124 e. The fraction of sp³-hybridized carbons (Fsp3) is 0.500. The summed E-state index contributed by atoms with van der Waals surface area (Å²) in [6, 6.07) is 5.76. The molecule has 1 aromatic carbocycles. The average Bonchev–Trinajstić information content (AvgIpc) is 2.49. The molecule has 1 fully saturated rings. The highest BCUT2D eigenvalue weighted by Gasteiger charge is 2.24. The molecule has 0 spiro atoms. The van der Waals surface area contributed by atoms with Crippen molar-refractivity contribution >= 4 is 34.9 Å². The Hall–Kier alpha value is -0.870. The molecule has 104 valence electrons. The number of nitrogens with two attached hydrogens (primary N) is 1. The summed E-state index contributed by atoms with van der Waals surface area (Å²) in [6.07, 6.45) is 1.16. The molecular formula is C14H20ClN3S. The summed E-state index contributed by atoms with van der Waals surface area (Å²) in [5.74, 6) is 1.14. The molecule has 0 amide bonds. The summed E-state index contributed by atoms with van der Waals surface area (Å²) < 4.78 is 0.345. The molecule has 0 aromatic heterocycles. The number of hydrogen-bond donors (Lipinski definition) is 2. The summed E-state index contributed by atoms with van der Waals surface area (Å²) >= 11 is 8.21. The Bertz CT molecular complexity index is 488. The van der Waals surface area contributed by atoms with E-state index < -0.39 is 0 Å². The largest absolute Gasteiger partial charge is 0.384 e. The number of hydrogen-bond acceptors (Lipinski definition) is 3. The monoisotopic (exact) mass is 297 g/mol. The lowest BCUT2D eigenvalue weighted by molar-refractivity contribution is 0.638. The van der Waals surface area contributed by atoms with Crippen LogP contribution in [0, 0.1) is 5.41 Å². The van der Waals surface area contributed by atoms with Gasteiger partial charge in [-0.3, -0.25) is 5.41 Å². The van der Waals surface area contributed by atoms with Crippen molar-refractivity contribution in [3.8, 4) is 0 Å². The van der Waals surface area contributed by atoms with Gasteiger partial charge in [-0.25, -0.2) is 0 Å². The van der Waals surface area contributed by atoms with Crippen LogP contribution in [0.15, 0.2) is 18.2 Å². The topological polar surface area (TPSA) is 53.1 Å². The predicted octanol–water partition coefficient (Wildman–Crippen LogP) is 3.35. The number of amidine groups is 1. The zero-order chi connectivity index (χ0) is 14.0. The Balaban J connectivity index is 2.18. The smallest absolute Gasteiger partial charge is 0.124 e. The van der Waals surface area contributed by atoms with Crippen LogP contribution in [0.3, 0.4) is 0 Å². The van der Waals surface area contributed by atoms with E-state index in [4.69, 9.17) is 22.7 Å². The molecule has 5 heteroatoms. The fourth-order valence-corrected chi connectivity index (χ4v) is 3.57. The highest BCUT2D eigenvalue weighted by molar-refractivity contribution is 8.00. The van der Waals surface area contributed by atoms with Gasteiger partial charge in [0.05, 0.1) is 5.02 Å². The maximum absolute atomic E-state index is 7.45. The van der Waals surface area contributed by atoms with Gasteiger partial charge < -0.3 is 10.6 Å². The van der Waals surface area contributed by atoms with Crippen LogP contribution < -0.4 is 10.6 Å². The van der Waals surface area contributed by atoms with Gasteiger partial charge in [0.2, 0.25) is 0 Å². The van der Waals surface area contributed by atoms with Crippen LogP contribution in [-0.2, 0) is 0 Å². The Labute approximate surface area is 124 Å². The Morgan fingerprint density at radius 1 is 1.42 bits per heavy atom. The van der Waals surface area contributed by atoms with Gasteiger partial charge in [-0.1, -0.05) is 25.4 Å². The van der Waals surface area contributed by atoms with Gasteiger partial charge in [-0.15, -0.1) is 0 Å². The van der Waals surface area contributed by atoms with E-state index in [1.807, 2.05) is 30.0 Å². The molecule has 0 radical (unpaired) electrons. The van der Waals surface area contributed by atoms with E-state index in [1.54, 1.807) is 0 Å². The summed E-state index contributed by atoms with van der Waals surface area (Å²) in [4.78, 5) is 2.36. The van der Waals surface area contributed by atoms with Gasteiger partial charge in [0.25, 0.3) is 0 Å². The van der Waals surface area contributed by atoms with Gasteiger partial charge in [0.1, 0.15) is 5.84 Å². The van der Waals surface area contributed by atoms with Gasteiger partial charge in [-0.05, 0) is 24.6 Å². The molecule has 0 aliphatic carbocycles. The molecule has 0 bridgehead atoms. The minimum Gasteiger partial charge on any atom is -0.384 e. The molecule has 2 rings (SSSR count). The highest BCUT2D eigenvalue weighted by Crippen LogP contribution is 2.33. The van der Waals surface area contributed by atoms with Crippen molar-refractivity contribution in [1.29, 1.82) is 5.41 Å². The third kappa shape index (κ3) is 3.57. The number of nitrogens with zero attached hydrogens (tertiary/aromatic N) is 1. The molecule has 3 nitrogen and oxygen atoms in total. The second kappa shape index (κ2) is 5.63. The van der Waals surface area contributed by atoms with Crippen LogP contribution in [0.25, 0.3) is 0 Å². The van der Waals surface area contributed by atoms with E-state index >= 15 is 0 Å². The van der Waals surface area contributed by atoms with Gasteiger partial charge in [0.15, 0.2) is 0 Å². The number of rotatable bonds is 2. The van der Waals surface area contributed by atoms with Crippen LogP contribution in [-0.4, -0.2) is 29.4 Å². The van der Waals surface area contributed by atoms with Gasteiger partial charge in [-0.2, -0.15) is 11.8 Å². The van der Waals surface area contributed by atoms with Crippen LogP contribution in [0.4, 0.5) is 5.69 Å². The molecule has 0 atom stereocenters. The van der Waals surface area contributed by atoms with Crippen LogP contribution in [0.5, 0.6) is 0 Å². The van der Waals surface area contributed by atoms with E-state index in [0.29, 0.717) is 15.3 Å². The minimum atomic E-state index is 0.0177. The second-order valence-corrected chi connectivity index (χ2v) is 7.63. The first-order valence-electron chi connectivity index (χ1n) is 6.42. The van der Waals surface area contributed by atoms with Crippen molar-refractivity contribution in [1.82, 2.24) is 0 Å². The van der Waals surface area contributed by atoms with Crippen LogP contribution in [0.2, 0.25) is 5.02 Å². The SMILES string of the molecule is CC1(C)CCN(c2ccc(C(=N)N)c(Cl)c2)CCS1. The molecule has 1 aliphatic heterocycles. The summed E-state index contributed by atoms with van der Waals surface area (Å²) in [6.45, 7) is 6.67. The molecule has 1 aromatic rings. The number of anilines is 1. The molecule has 19 heavy (non-hydrogen) atoms. The van der Waals surface area contributed by atoms with E-state index in [-0.39, 0.29) is 5.84 Å². The lowest BCUT2D eigenvalue weighted by Gasteiger charge is -2.24. The molecule has 1 saturated heterocycles.